The van der Waals surface area contributed by atoms with Crippen LogP contribution < -0.4 is 10.1 Å². The number of carboxylic acids is 1. The zero-order valence-corrected chi connectivity index (χ0v) is 11.9. The van der Waals surface area contributed by atoms with Crippen LogP contribution >= 0.6 is 0 Å². The van der Waals surface area contributed by atoms with E-state index in [1.54, 1.807) is 61.7 Å². The molecule has 5 heteroatoms. The molecular formula is C17H15NO4. The lowest BCUT2D eigenvalue weighted by Gasteiger charge is -2.06. The van der Waals surface area contributed by atoms with Crippen LogP contribution in [-0.4, -0.2) is 24.1 Å². The third-order valence-corrected chi connectivity index (χ3v) is 2.94. The van der Waals surface area contributed by atoms with Crippen molar-refractivity contribution in [3.05, 3.63) is 71.4 Å². The number of benzene rings is 2. The molecule has 2 aromatic rings. The lowest BCUT2D eigenvalue weighted by Crippen LogP contribution is -2.27. The molecule has 0 aliphatic heterocycles. The van der Waals surface area contributed by atoms with E-state index in [1.165, 1.54) is 6.08 Å². The van der Waals surface area contributed by atoms with E-state index in [2.05, 4.69) is 5.32 Å². The standard InChI is InChI=1S/C17H15NO4/c1-22-14-9-7-12(8-10-14)11-15(17(20)21)18-16(19)13-5-3-2-4-6-13/h2-11H,1H3,(H,18,19)(H,20,21)/b15-11+. The zero-order valence-electron chi connectivity index (χ0n) is 11.9. The number of carboxylic acid groups (broad SMARTS) is 1. The van der Waals surface area contributed by atoms with E-state index in [4.69, 9.17) is 4.74 Å². The van der Waals surface area contributed by atoms with Gasteiger partial charge in [0, 0.05) is 5.56 Å². The van der Waals surface area contributed by atoms with Gasteiger partial charge in [-0.1, -0.05) is 30.3 Å². The first-order valence-electron chi connectivity index (χ1n) is 6.55. The fourth-order valence-electron chi connectivity index (χ4n) is 1.80. The van der Waals surface area contributed by atoms with Gasteiger partial charge in [0.05, 0.1) is 7.11 Å². The number of rotatable bonds is 5. The monoisotopic (exact) mass is 297 g/mol. The Morgan fingerprint density at radius 2 is 1.68 bits per heavy atom. The highest BCUT2D eigenvalue weighted by Gasteiger charge is 2.13. The molecule has 2 N–H and O–H groups in total. The molecule has 1 amide bonds. The van der Waals surface area contributed by atoms with Gasteiger partial charge in [0.25, 0.3) is 5.91 Å². The Labute approximate surface area is 127 Å². The van der Waals surface area contributed by atoms with Crippen LogP contribution in [0, 0.1) is 0 Å². The zero-order chi connectivity index (χ0) is 15.9. The fourth-order valence-corrected chi connectivity index (χ4v) is 1.80. The number of aliphatic carboxylic acids is 1. The predicted octanol–water partition coefficient (Wildman–Crippen LogP) is 2.55. The number of nitrogens with one attached hydrogen (secondary N) is 1. The van der Waals surface area contributed by atoms with Crippen LogP contribution in [0.3, 0.4) is 0 Å². The minimum atomic E-state index is -1.21. The number of hydrogen-bond donors (Lipinski definition) is 2. The van der Waals surface area contributed by atoms with Crippen molar-refractivity contribution in [2.24, 2.45) is 0 Å². The Kier molecular flexibility index (Phi) is 4.93. The number of ether oxygens (including phenoxy) is 1. The molecule has 0 bridgehead atoms. The molecule has 0 spiro atoms. The second kappa shape index (κ2) is 7.08. The molecule has 0 unspecified atom stereocenters. The molecule has 112 valence electrons. The van der Waals surface area contributed by atoms with Gasteiger partial charge in [-0.25, -0.2) is 4.79 Å². The van der Waals surface area contributed by atoms with E-state index < -0.39 is 11.9 Å². The molecule has 0 aliphatic rings. The van der Waals surface area contributed by atoms with Crippen molar-refractivity contribution in [3.8, 4) is 5.75 Å². The van der Waals surface area contributed by atoms with Gasteiger partial charge >= 0.3 is 5.97 Å². The van der Waals surface area contributed by atoms with Crippen LogP contribution in [0.5, 0.6) is 5.75 Å². The van der Waals surface area contributed by atoms with E-state index in [-0.39, 0.29) is 5.70 Å². The third kappa shape index (κ3) is 3.96. The Morgan fingerprint density at radius 1 is 1.05 bits per heavy atom. The molecule has 0 saturated carbocycles. The van der Waals surface area contributed by atoms with Gasteiger partial charge in [0.2, 0.25) is 0 Å². The van der Waals surface area contributed by atoms with Crippen LogP contribution in [0.4, 0.5) is 0 Å². The maximum atomic E-state index is 12.0. The molecule has 0 aliphatic carbocycles. The molecule has 0 fully saturated rings. The number of amides is 1. The summed E-state index contributed by atoms with van der Waals surface area (Å²) in [5.41, 5.74) is 0.843. The lowest BCUT2D eigenvalue weighted by molar-refractivity contribution is -0.132. The van der Waals surface area contributed by atoms with Gasteiger partial charge < -0.3 is 15.2 Å². The van der Waals surface area contributed by atoms with Crippen molar-refractivity contribution < 1.29 is 19.4 Å². The summed E-state index contributed by atoms with van der Waals surface area (Å²) in [7, 11) is 1.55. The highest BCUT2D eigenvalue weighted by atomic mass is 16.5. The quantitative estimate of drug-likeness (QED) is 0.832. The summed E-state index contributed by atoms with van der Waals surface area (Å²) in [6.45, 7) is 0. The molecule has 22 heavy (non-hydrogen) atoms. The minimum Gasteiger partial charge on any atom is -0.497 e. The normalized spacial score (nSPS) is 10.9. The van der Waals surface area contributed by atoms with Crippen molar-refractivity contribution in [1.29, 1.82) is 0 Å². The van der Waals surface area contributed by atoms with Gasteiger partial charge in [0.15, 0.2) is 0 Å². The van der Waals surface area contributed by atoms with Gasteiger partial charge in [-0.2, -0.15) is 0 Å². The van der Waals surface area contributed by atoms with Crippen LogP contribution in [0.15, 0.2) is 60.3 Å². The summed E-state index contributed by atoms with van der Waals surface area (Å²) in [5, 5.41) is 11.6. The fraction of sp³-hybridized carbons (Fsp3) is 0.0588. The lowest BCUT2D eigenvalue weighted by atomic mass is 10.1. The summed E-state index contributed by atoms with van der Waals surface area (Å²) in [6.07, 6.45) is 1.39. The molecule has 2 aromatic carbocycles. The number of carbonyl (C=O) groups excluding carboxylic acids is 1. The molecule has 0 saturated heterocycles. The SMILES string of the molecule is COc1ccc(/C=C(/NC(=O)c2ccccc2)C(=O)O)cc1. The van der Waals surface area contributed by atoms with Gasteiger partial charge in [-0.05, 0) is 35.9 Å². The van der Waals surface area contributed by atoms with E-state index in [9.17, 15) is 14.7 Å². The predicted molar refractivity (Wildman–Crippen MR) is 82.5 cm³/mol. The molecule has 2 rings (SSSR count). The highest BCUT2D eigenvalue weighted by molar-refractivity contribution is 6.02. The van der Waals surface area contributed by atoms with E-state index in [0.717, 1.165) is 0 Å². The largest absolute Gasteiger partial charge is 0.497 e. The van der Waals surface area contributed by atoms with Crippen LogP contribution in [0.1, 0.15) is 15.9 Å². The first kappa shape index (κ1) is 15.3. The van der Waals surface area contributed by atoms with Crippen LogP contribution in [-0.2, 0) is 4.79 Å². The molecule has 5 nitrogen and oxygen atoms in total. The summed E-state index contributed by atoms with van der Waals surface area (Å²) in [4.78, 5) is 23.3. The molecular weight excluding hydrogens is 282 g/mol. The van der Waals surface area contributed by atoms with E-state index in [1.807, 2.05) is 0 Å². The third-order valence-electron chi connectivity index (χ3n) is 2.94. The summed E-state index contributed by atoms with van der Waals surface area (Å²) < 4.78 is 5.04. The molecule has 0 heterocycles. The van der Waals surface area contributed by atoms with Crippen LogP contribution in [0.2, 0.25) is 0 Å². The average Bonchev–Trinajstić information content (AvgIpc) is 2.55. The van der Waals surface area contributed by atoms with Crippen molar-refractivity contribution in [3.63, 3.8) is 0 Å². The van der Waals surface area contributed by atoms with Crippen molar-refractivity contribution >= 4 is 18.0 Å². The molecule has 0 atom stereocenters. The minimum absolute atomic E-state index is 0.195. The summed E-state index contributed by atoms with van der Waals surface area (Å²) in [6, 6.07) is 15.3. The molecule has 0 radical (unpaired) electrons. The number of hydrogen-bond acceptors (Lipinski definition) is 3. The Morgan fingerprint density at radius 3 is 2.23 bits per heavy atom. The Hall–Kier alpha value is -3.08. The summed E-state index contributed by atoms with van der Waals surface area (Å²) >= 11 is 0. The van der Waals surface area contributed by atoms with Crippen molar-refractivity contribution in [2.45, 2.75) is 0 Å². The average molecular weight is 297 g/mol. The van der Waals surface area contributed by atoms with Gasteiger partial charge in [0.1, 0.15) is 11.4 Å². The second-order valence-electron chi connectivity index (χ2n) is 4.46. The van der Waals surface area contributed by atoms with Gasteiger partial charge in [-0.3, -0.25) is 4.79 Å². The van der Waals surface area contributed by atoms with E-state index in [0.29, 0.717) is 16.9 Å². The number of methoxy groups -OCH3 is 1. The molecule has 0 aromatic heterocycles. The first-order valence-corrected chi connectivity index (χ1v) is 6.55. The summed E-state index contributed by atoms with van der Waals surface area (Å²) in [5.74, 6) is -1.01. The highest BCUT2D eigenvalue weighted by Crippen LogP contribution is 2.13. The van der Waals surface area contributed by atoms with Crippen molar-refractivity contribution in [2.75, 3.05) is 7.11 Å². The maximum absolute atomic E-state index is 12.0. The Balaban J connectivity index is 2.20. The smallest absolute Gasteiger partial charge is 0.352 e. The van der Waals surface area contributed by atoms with Gasteiger partial charge in [-0.15, -0.1) is 0 Å². The number of carbonyl (C=O) groups is 2. The Bertz CT molecular complexity index is 690. The van der Waals surface area contributed by atoms with Crippen LogP contribution in [0.25, 0.3) is 6.08 Å². The maximum Gasteiger partial charge on any atom is 0.352 e. The topological polar surface area (TPSA) is 75.6 Å². The van der Waals surface area contributed by atoms with Crippen molar-refractivity contribution in [1.82, 2.24) is 5.32 Å². The first-order chi connectivity index (χ1) is 10.6. The second-order valence-corrected chi connectivity index (χ2v) is 4.46. The van der Waals surface area contributed by atoms with E-state index >= 15 is 0 Å².